The van der Waals surface area contributed by atoms with E-state index in [9.17, 15) is 9.90 Å². The van der Waals surface area contributed by atoms with E-state index in [1.54, 1.807) is 6.92 Å². The van der Waals surface area contributed by atoms with Crippen molar-refractivity contribution in [2.45, 2.75) is 38.2 Å². The zero-order valence-corrected chi connectivity index (χ0v) is 7.55. The first-order valence-electron chi connectivity index (χ1n) is 4.50. The first kappa shape index (κ1) is 9.68. The van der Waals surface area contributed by atoms with Gasteiger partial charge in [0.25, 0.3) is 0 Å². The van der Waals surface area contributed by atoms with Gasteiger partial charge in [-0.2, -0.15) is 0 Å². The highest BCUT2D eigenvalue weighted by molar-refractivity contribution is 5.78. The summed E-state index contributed by atoms with van der Waals surface area (Å²) in [4.78, 5) is 11.0. The van der Waals surface area contributed by atoms with Crippen LogP contribution in [0, 0.1) is 5.92 Å². The summed E-state index contributed by atoms with van der Waals surface area (Å²) in [6.45, 7) is 2.10. The van der Waals surface area contributed by atoms with Crippen LogP contribution in [-0.2, 0) is 4.79 Å². The van der Waals surface area contributed by atoms with E-state index in [4.69, 9.17) is 5.73 Å². The summed E-state index contributed by atoms with van der Waals surface area (Å²) in [6, 6.07) is 0. The quantitative estimate of drug-likeness (QED) is 0.648. The van der Waals surface area contributed by atoms with Crippen molar-refractivity contribution < 1.29 is 9.90 Å². The van der Waals surface area contributed by atoms with Crippen molar-refractivity contribution >= 4 is 5.78 Å². The molecule has 1 fully saturated rings. The van der Waals surface area contributed by atoms with Crippen LogP contribution in [0.5, 0.6) is 0 Å². The Hall–Kier alpha value is -0.410. The number of Topliss-reactive ketones (excluding diaryl/α,β-unsaturated/α-hetero) is 1. The van der Waals surface area contributed by atoms with Crippen molar-refractivity contribution in [3.8, 4) is 0 Å². The van der Waals surface area contributed by atoms with Gasteiger partial charge in [-0.3, -0.25) is 4.79 Å². The van der Waals surface area contributed by atoms with Crippen molar-refractivity contribution in [2.75, 3.05) is 6.54 Å². The van der Waals surface area contributed by atoms with Crippen LogP contribution in [0.3, 0.4) is 0 Å². The van der Waals surface area contributed by atoms with Crippen LogP contribution in [-0.4, -0.2) is 23.0 Å². The van der Waals surface area contributed by atoms with Crippen LogP contribution in [0.25, 0.3) is 0 Å². The summed E-state index contributed by atoms with van der Waals surface area (Å²) < 4.78 is 0. The number of ketones is 1. The normalized spacial score (nSPS) is 35.4. The maximum absolute atomic E-state index is 11.0. The van der Waals surface area contributed by atoms with Gasteiger partial charge < -0.3 is 10.8 Å². The van der Waals surface area contributed by atoms with Crippen LogP contribution in [0.15, 0.2) is 0 Å². The van der Waals surface area contributed by atoms with Crippen molar-refractivity contribution in [1.29, 1.82) is 0 Å². The summed E-state index contributed by atoms with van der Waals surface area (Å²) >= 11 is 0. The van der Waals surface area contributed by atoms with Crippen molar-refractivity contribution in [3.63, 3.8) is 0 Å². The van der Waals surface area contributed by atoms with Gasteiger partial charge in [-0.25, -0.2) is 0 Å². The second-order valence-electron chi connectivity index (χ2n) is 3.81. The fourth-order valence-electron chi connectivity index (χ4n) is 1.95. The number of rotatable bonds is 3. The van der Waals surface area contributed by atoms with Gasteiger partial charge >= 0.3 is 0 Å². The standard InChI is InChI=1S/C9H17NO2/c1-7(11)8-2-3-9(12,6-8)4-5-10/h8,12H,2-6,10H2,1H3/t8-,9?/m1/s1. The van der Waals surface area contributed by atoms with Gasteiger partial charge in [-0.15, -0.1) is 0 Å². The van der Waals surface area contributed by atoms with E-state index in [0.29, 0.717) is 19.4 Å². The van der Waals surface area contributed by atoms with E-state index in [-0.39, 0.29) is 11.7 Å². The molecule has 0 aliphatic heterocycles. The Morgan fingerprint density at radius 1 is 1.75 bits per heavy atom. The van der Waals surface area contributed by atoms with Crippen molar-refractivity contribution in [3.05, 3.63) is 0 Å². The molecule has 1 unspecified atom stereocenters. The van der Waals surface area contributed by atoms with Gasteiger partial charge in [0.2, 0.25) is 0 Å². The molecule has 3 heteroatoms. The molecule has 1 rings (SSSR count). The molecule has 0 saturated heterocycles. The average Bonchev–Trinajstić information content (AvgIpc) is 2.33. The molecule has 1 saturated carbocycles. The third kappa shape index (κ3) is 2.05. The molecule has 0 spiro atoms. The summed E-state index contributed by atoms with van der Waals surface area (Å²) in [5.74, 6) is 0.268. The van der Waals surface area contributed by atoms with Crippen LogP contribution < -0.4 is 5.73 Å². The fourth-order valence-corrected chi connectivity index (χ4v) is 1.95. The van der Waals surface area contributed by atoms with E-state index in [2.05, 4.69) is 0 Å². The van der Waals surface area contributed by atoms with Gasteiger partial charge in [0.1, 0.15) is 5.78 Å². The average molecular weight is 171 g/mol. The summed E-state index contributed by atoms with van der Waals surface area (Å²) in [5.41, 5.74) is 4.72. The molecule has 0 bridgehead atoms. The zero-order valence-electron chi connectivity index (χ0n) is 7.55. The van der Waals surface area contributed by atoms with Crippen molar-refractivity contribution in [1.82, 2.24) is 0 Å². The second kappa shape index (κ2) is 3.54. The van der Waals surface area contributed by atoms with E-state index >= 15 is 0 Å². The summed E-state index contributed by atoms with van der Waals surface area (Å²) in [7, 11) is 0. The maximum atomic E-state index is 11.0. The Labute approximate surface area is 72.9 Å². The smallest absolute Gasteiger partial charge is 0.133 e. The largest absolute Gasteiger partial charge is 0.390 e. The molecule has 1 aliphatic rings. The molecule has 3 nitrogen and oxygen atoms in total. The lowest BCUT2D eigenvalue weighted by Gasteiger charge is -2.21. The summed E-state index contributed by atoms with van der Waals surface area (Å²) in [5, 5.41) is 9.88. The molecule has 0 aromatic heterocycles. The van der Waals surface area contributed by atoms with Crippen LogP contribution >= 0.6 is 0 Å². The molecule has 0 radical (unpaired) electrons. The SMILES string of the molecule is CC(=O)[C@@H]1CCC(O)(CCN)C1. The third-order valence-electron chi connectivity index (χ3n) is 2.77. The van der Waals surface area contributed by atoms with Crippen LogP contribution in [0.2, 0.25) is 0 Å². The highest BCUT2D eigenvalue weighted by Crippen LogP contribution is 2.36. The molecular weight excluding hydrogens is 154 g/mol. The highest BCUT2D eigenvalue weighted by Gasteiger charge is 2.38. The third-order valence-corrected chi connectivity index (χ3v) is 2.77. The topological polar surface area (TPSA) is 63.3 Å². The number of nitrogens with two attached hydrogens (primary N) is 1. The van der Waals surface area contributed by atoms with Crippen LogP contribution in [0.1, 0.15) is 32.6 Å². The predicted octanol–water partition coefficient (Wildman–Crippen LogP) is 0.455. The fraction of sp³-hybridized carbons (Fsp3) is 0.889. The lowest BCUT2D eigenvalue weighted by molar-refractivity contribution is -0.121. The monoisotopic (exact) mass is 171 g/mol. The molecule has 1 aliphatic carbocycles. The van der Waals surface area contributed by atoms with Gasteiger partial charge in [0.15, 0.2) is 0 Å². The molecule has 0 aromatic rings. The second-order valence-corrected chi connectivity index (χ2v) is 3.81. The summed E-state index contributed by atoms with van der Waals surface area (Å²) in [6.07, 6.45) is 2.79. The number of carbonyl (C=O) groups is 1. The highest BCUT2D eigenvalue weighted by atomic mass is 16.3. The lowest BCUT2D eigenvalue weighted by atomic mass is 9.95. The zero-order chi connectivity index (χ0) is 9.19. The van der Waals surface area contributed by atoms with E-state index in [0.717, 1.165) is 12.8 Å². The molecule has 12 heavy (non-hydrogen) atoms. The molecule has 2 atom stereocenters. The van der Waals surface area contributed by atoms with Gasteiger partial charge in [0.05, 0.1) is 5.60 Å². The van der Waals surface area contributed by atoms with Crippen molar-refractivity contribution in [2.24, 2.45) is 11.7 Å². The Kier molecular flexibility index (Phi) is 2.85. The van der Waals surface area contributed by atoms with E-state index in [1.165, 1.54) is 0 Å². The molecule has 0 amide bonds. The number of hydrogen-bond acceptors (Lipinski definition) is 3. The Morgan fingerprint density at radius 3 is 2.83 bits per heavy atom. The predicted molar refractivity (Wildman–Crippen MR) is 46.6 cm³/mol. The molecule has 0 aromatic carbocycles. The first-order chi connectivity index (χ1) is 5.57. The first-order valence-corrected chi connectivity index (χ1v) is 4.50. The molecule has 3 N–H and O–H groups in total. The van der Waals surface area contributed by atoms with E-state index in [1.807, 2.05) is 0 Å². The minimum atomic E-state index is -0.648. The number of hydrogen-bond donors (Lipinski definition) is 2. The van der Waals surface area contributed by atoms with Gasteiger partial charge in [-0.05, 0) is 39.2 Å². The lowest BCUT2D eigenvalue weighted by Crippen LogP contribution is -2.28. The molecular formula is C9H17NO2. The maximum Gasteiger partial charge on any atom is 0.133 e. The van der Waals surface area contributed by atoms with Gasteiger partial charge in [-0.1, -0.05) is 0 Å². The van der Waals surface area contributed by atoms with E-state index < -0.39 is 5.60 Å². The number of aliphatic hydroxyl groups is 1. The minimum absolute atomic E-state index is 0.0709. The Morgan fingerprint density at radius 2 is 2.42 bits per heavy atom. The molecule has 0 heterocycles. The Bertz CT molecular complexity index is 181. The van der Waals surface area contributed by atoms with Crippen LogP contribution in [0.4, 0.5) is 0 Å². The minimum Gasteiger partial charge on any atom is -0.390 e. The Balaban J connectivity index is 2.48. The molecule has 70 valence electrons. The van der Waals surface area contributed by atoms with Gasteiger partial charge in [0, 0.05) is 5.92 Å². The number of carbonyl (C=O) groups excluding carboxylic acids is 1.